The van der Waals surface area contributed by atoms with Gasteiger partial charge in [0.2, 0.25) is 11.8 Å². The molecule has 16 heteroatoms. The minimum Gasteiger partial charge on any atom is -0.490 e. The third kappa shape index (κ3) is 7.95. The Kier molecular flexibility index (Phi) is 11.1. The molecule has 1 aliphatic carbocycles. The fourth-order valence-electron chi connectivity index (χ4n) is 9.40. The van der Waals surface area contributed by atoms with Crippen molar-refractivity contribution in [2.24, 2.45) is 5.92 Å². The fourth-order valence-corrected chi connectivity index (χ4v) is 9.61. The van der Waals surface area contributed by atoms with E-state index in [4.69, 9.17) is 32.4 Å². The highest BCUT2D eigenvalue weighted by Gasteiger charge is 2.47. The van der Waals surface area contributed by atoms with Gasteiger partial charge in [-0.3, -0.25) is 49.9 Å². The molecular weight excluding hydrogens is 762 g/mol. The molecule has 2 aromatic rings. The monoisotopic (exact) mass is 807 g/mol. The topological polar surface area (TPSA) is 203 Å². The quantitative estimate of drug-likeness (QED) is 0.156. The van der Waals surface area contributed by atoms with E-state index in [0.29, 0.717) is 52.5 Å². The van der Waals surface area contributed by atoms with E-state index >= 15 is 0 Å². The van der Waals surface area contributed by atoms with Gasteiger partial charge in [0, 0.05) is 69.0 Å². The molecular formula is C42H46ClN9O6. The van der Waals surface area contributed by atoms with Crippen molar-refractivity contribution in [1.82, 2.24) is 25.3 Å². The van der Waals surface area contributed by atoms with E-state index < -0.39 is 35.6 Å². The van der Waals surface area contributed by atoms with Crippen molar-refractivity contribution >= 4 is 58.4 Å². The molecule has 5 amide bonds. The number of rotatable bonds is 10. The van der Waals surface area contributed by atoms with E-state index in [1.165, 1.54) is 6.08 Å². The second-order valence-corrected chi connectivity index (χ2v) is 16.6. The van der Waals surface area contributed by atoms with Crippen LogP contribution in [0.2, 0.25) is 5.02 Å². The third-order valence-electron chi connectivity index (χ3n) is 12.6. The van der Waals surface area contributed by atoms with Crippen LogP contribution in [0.1, 0.15) is 84.1 Å². The van der Waals surface area contributed by atoms with Crippen LogP contribution >= 0.6 is 11.6 Å². The second kappa shape index (κ2) is 16.3. The maximum atomic E-state index is 13.4. The summed E-state index contributed by atoms with van der Waals surface area (Å²) in [6.07, 6.45) is 8.95. The molecule has 4 saturated heterocycles. The Bertz CT molecular complexity index is 2140. The van der Waals surface area contributed by atoms with Crippen molar-refractivity contribution in [3.05, 3.63) is 70.3 Å². The standard InChI is InChI=1S/C42H46ClN9O6/c43-34-19-31(5-1-25(34)20-44)58-30-6-2-26(3-7-30)47-39(54)35(45)9-11-37(46)49-15-13-24(14-16-49)21-50-22-29-17-28(50)23-51(29)27-4-8-32-33(18-27)42(57)52(41(32)56)36-10-12-38(53)48-40(36)55/h1,4-5,8-9,11,18-19,24,26,28-30,36,45-46H,2-3,6-7,10,12-17,21-23H2,(H,47,54)(H,48,53,55)/b11-9-,45-35?,46-37?/t26?,28-,29-,30?,36?/m0/s1. The maximum Gasteiger partial charge on any atom is 0.269 e. The largest absolute Gasteiger partial charge is 0.490 e. The van der Waals surface area contributed by atoms with Gasteiger partial charge in [-0.2, -0.15) is 5.26 Å². The SMILES string of the molecule is N#Cc1ccc(OC2CCC(NC(=O)C(=N)/C=C\C(=N)N3CCC(CN4C[C@@H]5C[C@H]4CN5c4ccc5c(c4)C(=O)N(C4CCC(=O)NC4=O)C5=O)CC3)CC2)cc1Cl. The van der Waals surface area contributed by atoms with Crippen LogP contribution in [-0.2, 0) is 14.4 Å². The zero-order valence-electron chi connectivity index (χ0n) is 32.0. The van der Waals surface area contributed by atoms with E-state index in [-0.39, 0.29) is 42.3 Å². The number of nitrogens with one attached hydrogen (secondary N) is 4. The summed E-state index contributed by atoms with van der Waals surface area (Å²) in [5.41, 5.74) is 1.69. The molecule has 0 radical (unpaired) electrons. The van der Waals surface area contributed by atoms with Crippen molar-refractivity contribution in [1.29, 1.82) is 16.1 Å². The van der Waals surface area contributed by atoms with E-state index in [2.05, 4.69) is 20.4 Å². The van der Waals surface area contributed by atoms with Gasteiger partial charge in [-0.1, -0.05) is 11.6 Å². The van der Waals surface area contributed by atoms with Crippen molar-refractivity contribution in [2.45, 2.75) is 88.1 Å². The van der Waals surface area contributed by atoms with Gasteiger partial charge in [0.05, 0.1) is 27.8 Å². The summed E-state index contributed by atoms with van der Waals surface area (Å²) in [5.74, 6) is -1.07. The lowest BCUT2D eigenvalue weighted by Gasteiger charge is -2.39. The molecule has 4 N–H and O–H groups in total. The number of benzene rings is 2. The first kappa shape index (κ1) is 39.2. The molecule has 2 bridgehead atoms. The van der Waals surface area contributed by atoms with Gasteiger partial charge in [0.25, 0.3) is 17.7 Å². The van der Waals surface area contributed by atoms with Crippen molar-refractivity contribution in [3.63, 3.8) is 0 Å². The molecule has 6 aliphatic rings. The number of fused-ring (bicyclic) bond motifs is 3. The highest BCUT2D eigenvalue weighted by molar-refractivity contribution is 6.42. The number of hydrogen-bond donors (Lipinski definition) is 4. The molecule has 1 unspecified atom stereocenters. The molecule has 15 nitrogen and oxygen atoms in total. The number of imide groups is 2. The lowest BCUT2D eigenvalue weighted by atomic mass is 9.92. The minimum atomic E-state index is -0.986. The lowest BCUT2D eigenvalue weighted by Crippen LogP contribution is -2.54. The number of nitriles is 1. The van der Waals surface area contributed by atoms with Crippen LogP contribution in [0.3, 0.4) is 0 Å². The zero-order chi connectivity index (χ0) is 40.7. The average molecular weight is 808 g/mol. The summed E-state index contributed by atoms with van der Waals surface area (Å²) >= 11 is 6.13. The summed E-state index contributed by atoms with van der Waals surface area (Å²) in [5, 5.41) is 31.5. The van der Waals surface area contributed by atoms with Crippen LogP contribution in [0.4, 0.5) is 5.69 Å². The van der Waals surface area contributed by atoms with Crippen LogP contribution in [0, 0.1) is 28.1 Å². The normalized spacial score (nSPS) is 26.2. The van der Waals surface area contributed by atoms with Gasteiger partial charge in [0.15, 0.2) is 0 Å². The molecule has 3 atom stereocenters. The number of amidine groups is 1. The number of nitrogens with zero attached hydrogens (tertiary/aromatic N) is 5. The molecule has 302 valence electrons. The lowest BCUT2D eigenvalue weighted by molar-refractivity contribution is -0.136. The number of anilines is 1. The number of piperazine rings is 1. The first-order valence-electron chi connectivity index (χ1n) is 20.1. The van der Waals surface area contributed by atoms with Gasteiger partial charge < -0.3 is 19.9 Å². The Hall–Kier alpha value is -5.59. The predicted molar refractivity (Wildman–Crippen MR) is 214 cm³/mol. The van der Waals surface area contributed by atoms with Gasteiger partial charge in [0.1, 0.15) is 29.4 Å². The molecule has 58 heavy (non-hydrogen) atoms. The highest BCUT2D eigenvalue weighted by atomic mass is 35.5. The van der Waals surface area contributed by atoms with Crippen LogP contribution < -0.4 is 20.3 Å². The molecule has 0 spiro atoms. The third-order valence-corrected chi connectivity index (χ3v) is 12.9. The number of hydrogen-bond acceptors (Lipinski definition) is 11. The number of piperidine rings is 2. The molecule has 5 fully saturated rings. The molecule has 5 aliphatic heterocycles. The molecule has 2 aromatic carbocycles. The summed E-state index contributed by atoms with van der Waals surface area (Å²) in [6, 6.07) is 12.0. The highest BCUT2D eigenvalue weighted by Crippen LogP contribution is 2.38. The Labute approximate surface area is 341 Å². The summed E-state index contributed by atoms with van der Waals surface area (Å²) in [6.45, 7) is 4.18. The minimum absolute atomic E-state index is 0.0221. The van der Waals surface area contributed by atoms with E-state index in [9.17, 15) is 24.0 Å². The molecule has 5 heterocycles. The Morgan fingerprint density at radius 1 is 0.931 bits per heavy atom. The van der Waals surface area contributed by atoms with Crippen LogP contribution in [0.5, 0.6) is 5.75 Å². The number of carbonyl (C=O) groups is 5. The molecule has 1 saturated carbocycles. The van der Waals surface area contributed by atoms with Crippen molar-refractivity contribution < 1.29 is 28.7 Å². The first-order chi connectivity index (χ1) is 27.9. The molecule has 0 aromatic heterocycles. The summed E-state index contributed by atoms with van der Waals surface area (Å²) in [4.78, 5) is 71.3. The number of carbonyl (C=O) groups excluding carboxylic acids is 5. The average Bonchev–Trinajstić information content (AvgIpc) is 3.89. The second-order valence-electron chi connectivity index (χ2n) is 16.2. The summed E-state index contributed by atoms with van der Waals surface area (Å²) < 4.78 is 6.04. The van der Waals surface area contributed by atoms with Gasteiger partial charge >= 0.3 is 0 Å². The Morgan fingerprint density at radius 3 is 2.38 bits per heavy atom. The smallest absolute Gasteiger partial charge is 0.269 e. The maximum absolute atomic E-state index is 13.4. The van der Waals surface area contributed by atoms with Crippen molar-refractivity contribution in [2.75, 3.05) is 37.6 Å². The number of halogens is 1. The van der Waals surface area contributed by atoms with Gasteiger partial charge in [-0.15, -0.1) is 0 Å². The zero-order valence-corrected chi connectivity index (χ0v) is 32.8. The van der Waals surface area contributed by atoms with E-state index in [1.807, 2.05) is 17.0 Å². The predicted octanol–water partition coefficient (Wildman–Crippen LogP) is 3.65. The number of ether oxygens (including phenoxy) is 1. The van der Waals surface area contributed by atoms with Crippen molar-refractivity contribution in [3.8, 4) is 11.8 Å². The fraction of sp³-hybridized carbons (Fsp3) is 0.476. The summed E-state index contributed by atoms with van der Waals surface area (Å²) in [7, 11) is 0. The number of likely N-dealkylation sites (tertiary alicyclic amines) is 2. The van der Waals surface area contributed by atoms with E-state index in [1.54, 1.807) is 36.4 Å². The van der Waals surface area contributed by atoms with Crippen LogP contribution in [0.25, 0.3) is 0 Å². The first-order valence-corrected chi connectivity index (χ1v) is 20.5. The Balaban J connectivity index is 0.749. The number of amides is 5. The van der Waals surface area contributed by atoms with E-state index in [0.717, 1.165) is 75.4 Å². The Morgan fingerprint density at radius 2 is 1.69 bits per heavy atom. The van der Waals surface area contributed by atoms with Gasteiger partial charge in [-0.25, -0.2) is 0 Å². The van der Waals surface area contributed by atoms with Crippen LogP contribution in [-0.4, -0.2) is 119 Å². The molecule has 8 rings (SSSR count). The van der Waals surface area contributed by atoms with Gasteiger partial charge in [-0.05, 0) is 99.8 Å². The van der Waals surface area contributed by atoms with Crippen LogP contribution in [0.15, 0.2) is 48.6 Å².